The van der Waals surface area contributed by atoms with Crippen molar-refractivity contribution >= 4 is 5.91 Å². The van der Waals surface area contributed by atoms with E-state index in [1.54, 1.807) is 0 Å². The first-order valence-electron chi connectivity index (χ1n) is 6.33. The van der Waals surface area contributed by atoms with Crippen LogP contribution in [0.4, 0.5) is 0 Å². The highest BCUT2D eigenvalue weighted by Gasteiger charge is 2.34. The van der Waals surface area contributed by atoms with Gasteiger partial charge in [-0.3, -0.25) is 9.59 Å². The van der Waals surface area contributed by atoms with Crippen LogP contribution in [0.2, 0.25) is 0 Å². The zero-order chi connectivity index (χ0) is 12.5. The van der Waals surface area contributed by atoms with E-state index < -0.39 is 0 Å². The van der Waals surface area contributed by atoms with Gasteiger partial charge in [0, 0.05) is 24.2 Å². The molecule has 0 aliphatic carbocycles. The molecule has 0 aromatic carbocycles. The van der Waals surface area contributed by atoms with Crippen LogP contribution in [0.15, 0.2) is 16.9 Å². The van der Waals surface area contributed by atoms with E-state index >= 15 is 0 Å². The van der Waals surface area contributed by atoms with Crippen molar-refractivity contribution in [3.05, 3.63) is 28.2 Å². The van der Waals surface area contributed by atoms with Gasteiger partial charge >= 0.3 is 0 Å². The van der Waals surface area contributed by atoms with E-state index in [0.717, 1.165) is 12.8 Å². The summed E-state index contributed by atoms with van der Waals surface area (Å²) in [5.41, 5.74) is -0.0352. The van der Waals surface area contributed by atoms with Gasteiger partial charge in [0.05, 0.1) is 0 Å². The summed E-state index contributed by atoms with van der Waals surface area (Å²) in [5.74, 6) is -0.211. The second-order valence-electron chi connectivity index (χ2n) is 5.09. The van der Waals surface area contributed by atoms with E-state index in [4.69, 9.17) is 0 Å². The first kappa shape index (κ1) is 11.4. The van der Waals surface area contributed by atoms with Gasteiger partial charge in [0.2, 0.25) is 0 Å². The summed E-state index contributed by atoms with van der Waals surface area (Å²) in [6.45, 7) is 0. The Labute approximate surface area is 104 Å². The number of rotatable bonds is 2. The van der Waals surface area contributed by atoms with Gasteiger partial charge in [0.15, 0.2) is 0 Å². The van der Waals surface area contributed by atoms with Crippen molar-refractivity contribution < 1.29 is 4.79 Å². The lowest BCUT2D eigenvalue weighted by atomic mass is 10.00. The molecule has 1 aromatic rings. The van der Waals surface area contributed by atoms with Gasteiger partial charge in [-0.1, -0.05) is 0 Å². The lowest BCUT2D eigenvalue weighted by Crippen LogP contribution is -2.48. The van der Waals surface area contributed by atoms with Crippen LogP contribution in [0.25, 0.3) is 0 Å². The van der Waals surface area contributed by atoms with Crippen LogP contribution in [0.3, 0.4) is 0 Å². The van der Waals surface area contributed by atoms with Gasteiger partial charge in [-0.05, 0) is 31.7 Å². The monoisotopic (exact) mass is 248 g/mol. The SMILES string of the molecule is O=C(NC1CC2CCC(C1)N2)c1ccc(=O)[nH]n1. The Morgan fingerprint density at radius 3 is 2.61 bits per heavy atom. The maximum Gasteiger partial charge on any atom is 0.271 e. The minimum Gasteiger partial charge on any atom is -0.348 e. The predicted octanol–water partition coefficient (Wildman–Crippen LogP) is -0.217. The van der Waals surface area contributed by atoms with Crippen molar-refractivity contribution in [2.24, 2.45) is 0 Å². The number of amides is 1. The maximum absolute atomic E-state index is 11.9. The maximum atomic E-state index is 11.9. The van der Waals surface area contributed by atoms with Gasteiger partial charge in [0.25, 0.3) is 11.5 Å². The number of H-pyrrole nitrogens is 1. The smallest absolute Gasteiger partial charge is 0.271 e. The van der Waals surface area contributed by atoms with Crippen LogP contribution >= 0.6 is 0 Å². The molecule has 2 saturated heterocycles. The van der Waals surface area contributed by atoms with Crippen LogP contribution in [-0.4, -0.2) is 34.2 Å². The average molecular weight is 248 g/mol. The Kier molecular flexibility index (Phi) is 2.87. The number of aromatic amines is 1. The minimum absolute atomic E-state index is 0.211. The molecule has 3 rings (SSSR count). The number of piperidine rings is 1. The van der Waals surface area contributed by atoms with Crippen LogP contribution in [0.5, 0.6) is 0 Å². The number of carbonyl (C=O) groups excluding carboxylic acids is 1. The Morgan fingerprint density at radius 1 is 1.28 bits per heavy atom. The van der Waals surface area contributed by atoms with Crippen molar-refractivity contribution in [1.29, 1.82) is 0 Å². The quantitative estimate of drug-likeness (QED) is 0.675. The van der Waals surface area contributed by atoms with E-state index in [-0.39, 0.29) is 23.2 Å². The van der Waals surface area contributed by atoms with E-state index in [1.807, 2.05) is 0 Å². The van der Waals surface area contributed by atoms with Crippen LogP contribution < -0.4 is 16.2 Å². The third-order valence-corrected chi connectivity index (χ3v) is 3.72. The second-order valence-corrected chi connectivity index (χ2v) is 5.09. The van der Waals surface area contributed by atoms with E-state index in [0.29, 0.717) is 12.1 Å². The molecule has 2 fully saturated rings. The van der Waals surface area contributed by atoms with Gasteiger partial charge in [0.1, 0.15) is 5.69 Å². The normalized spacial score (nSPS) is 30.1. The molecule has 2 unspecified atom stereocenters. The van der Waals surface area contributed by atoms with Crippen molar-refractivity contribution in [3.63, 3.8) is 0 Å². The minimum atomic E-state index is -0.300. The molecular weight excluding hydrogens is 232 g/mol. The van der Waals surface area contributed by atoms with Crippen LogP contribution in [-0.2, 0) is 0 Å². The summed E-state index contributed by atoms with van der Waals surface area (Å²) in [7, 11) is 0. The molecule has 6 nitrogen and oxygen atoms in total. The van der Waals surface area contributed by atoms with Gasteiger partial charge in [-0.2, -0.15) is 5.10 Å². The first-order chi connectivity index (χ1) is 8.70. The molecule has 18 heavy (non-hydrogen) atoms. The Bertz CT molecular complexity index is 481. The lowest BCUT2D eigenvalue weighted by Gasteiger charge is -2.29. The van der Waals surface area contributed by atoms with Crippen molar-refractivity contribution in [2.45, 2.75) is 43.8 Å². The number of hydrogen-bond acceptors (Lipinski definition) is 4. The fourth-order valence-corrected chi connectivity index (χ4v) is 2.91. The Hall–Kier alpha value is -1.69. The van der Waals surface area contributed by atoms with Gasteiger partial charge < -0.3 is 10.6 Å². The molecule has 1 amide bonds. The van der Waals surface area contributed by atoms with E-state index in [1.165, 1.54) is 25.0 Å². The lowest BCUT2D eigenvalue weighted by molar-refractivity contribution is 0.0917. The average Bonchev–Trinajstić information content (AvgIpc) is 2.69. The first-order valence-corrected chi connectivity index (χ1v) is 6.33. The fourth-order valence-electron chi connectivity index (χ4n) is 2.91. The Balaban J connectivity index is 1.64. The summed E-state index contributed by atoms with van der Waals surface area (Å²) in [4.78, 5) is 22.8. The molecule has 2 atom stereocenters. The second kappa shape index (κ2) is 4.53. The molecule has 3 heterocycles. The summed E-state index contributed by atoms with van der Waals surface area (Å²) >= 11 is 0. The number of aromatic nitrogens is 2. The zero-order valence-electron chi connectivity index (χ0n) is 9.98. The molecule has 0 spiro atoms. The molecule has 2 bridgehead atoms. The number of nitrogens with zero attached hydrogens (tertiary/aromatic N) is 1. The number of fused-ring (bicyclic) bond motifs is 2. The topological polar surface area (TPSA) is 86.9 Å². The summed E-state index contributed by atoms with van der Waals surface area (Å²) in [5, 5.41) is 12.5. The summed E-state index contributed by atoms with van der Waals surface area (Å²) in [6, 6.07) is 4.05. The van der Waals surface area contributed by atoms with E-state index in [9.17, 15) is 9.59 Å². The third-order valence-electron chi connectivity index (χ3n) is 3.72. The molecule has 96 valence electrons. The van der Waals surface area contributed by atoms with Gasteiger partial charge in [-0.25, -0.2) is 5.10 Å². The van der Waals surface area contributed by atoms with Crippen LogP contribution in [0, 0.1) is 0 Å². The van der Waals surface area contributed by atoms with Gasteiger partial charge in [-0.15, -0.1) is 0 Å². The number of nitrogens with one attached hydrogen (secondary N) is 3. The number of carbonyl (C=O) groups is 1. The summed E-state index contributed by atoms with van der Waals surface area (Å²) < 4.78 is 0. The molecule has 0 radical (unpaired) electrons. The number of hydrogen-bond donors (Lipinski definition) is 3. The van der Waals surface area contributed by atoms with Crippen molar-refractivity contribution in [3.8, 4) is 0 Å². The molecule has 2 aliphatic rings. The molecule has 2 aliphatic heterocycles. The molecule has 3 N–H and O–H groups in total. The van der Waals surface area contributed by atoms with Crippen molar-refractivity contribution in [2.75, 3.05) is 0 Å². The summed E-state index contributed by atoms with van der Waals surface area (Å²) in [6.07, 6.45) is 4.36. The largest absolute Gasteiger partial charge is 0.348 e. The predicted molar refractivity (Wildman–Crippen MR) is 65.3 cm³/mol. The molecule has 1 aromatic heterocycles. The standard InChI is InChI=1S/C12H16N4O2/c17-11-4-3-10(15-16-11)12(18)14-9-5-7-1-2-8(6-9)13-7/h3-4,7-9,13H,1-2,5-6H2,(H,14,18)(H,16,17). The highest BCUT2D eigenvalue weighted by molar-refractivity contribution is 5.92. The fraction of sp³-hybridized carbons (Fsp3) is 0.583. The highest BCUT2D eigenvalue weighted by atomic mass is 16.2. The zero-order valence-corrected chi connectivity index (χ0v) is 9.98. The van der Waals surface area contributed by atoms with Crippen LogP contribution in [0.1, 0.15) is 36.2 Å². The highest BCUT2D eigenvalue weighted by Crippen LogP contribution is 2.26. The molecule has 6 heteroatoms. The third kappa shape index (κ3) is 2.28. The molecule has 0 saturated carbocycles. The molecular formula is C12H16N4O2. The Morgan fingerprint density at radius 2 is 2.00 bits per heavy atom. The van der Waals surface area contributed by atoms with Crippen molar-refractivity contribution in [1.82, 2.24) is 20.8 Å². The van der Waals surface area contributed by atoms with E-state index in [2.05, 4.69) is 20.8 Å².